The molecule has 0 spiro atoms. The van der Waals surface area contributed by atoms with E-state index in [4.69, 9.17) is 9.84 Å². The summed E-state index contributed by atoms with van der Waals surface area (Å²) in [7, 11) is 0. The van der Waals surface area contributed by atoms with Gasteiger partial charge in [0, 0.05) is 18.5 Å². The molecular weight excluding hydrogens is 272 g/mol. The van der Waals surface area contributed by atoms with Crippen molar-refractivity contribution in [2.24, 2.45) is 0 Å². The Labute approximate surface area is 114 Å². The van der Waals surface area contributed by atoms with Gasteiger partial charge < -0.3 is 25.0 Å². The third kappa shape index (κ3) is 3.63. The number of aliphatic hydroxyl groups excluding tert-OH is 2. The molecule has 1 aliphatic heterocycles. The van der Waals surface area contributed by atoms with Gasteiger partial charge in [-0.15, -0.1) is 11.3 Å². The second kappa shape index (κ2) is 6.29. The Kier molecular flexibility index (Phi) is 4.70. The second-order valence-electron chi connectivity index (χ2n) is 4.26. The van der Waals surface area contributed by atoms with Gasteiger partial charge in [-0.3, -0.25) is 4.79 Å². The number of rotatable bonds is 5. The molecule has 1 aliphatic rings. The molecule has 3 N–H and O–H groups in total. The van der Waals surface area contributed by atoms with Gasteiger partial charge in [0.05, 0.1) is 31.4 Å². The highest BCUT2D eigenvalue weighted by Gasteiger charge is 2.24. The van der Waals surface area contributed by atoms with Crippen LogP contribution in [-0.2, 0) is 9.53 Å². The molecule has 0 aliphatic carbocycles. The molecule has 19 heavy (non-hydrogen) atoms. The fraction of sp³-hybridized carbons (Fsp3) is 0.636. The number of aliphatic hydroxyl groups is 2. The number of hydrogen-bond donors (Lipinski definition) is 3. The van der Waals surface area contributed by atoms with Gasteiger partial charge in [-0.25, -0.2) is 4.98 Å². The van der Waals surface area contributed by atoms with Crippen molar-refractivity contribution in [1.29, 1.82) is 0 Å². The number of nitrogens with zero attached hydrogens (tertiary/aromatic N) is 2. The van der Waals surface area contributed by atoms with Gasteiger partial charge in [0.25, 0.3) is 0 Å². The lowest BCUT2D eigenvalue weighted by Gasteiger charge is -2.26. The predicted molar refractivity (Wildman–Crippen MR) is 68.4 cm³/mol. The van der Waals surface area contributed by atoms with Crippen molar-refractivity contribution in [2.45, 2.75) is 18.6 Å². The Hall–Kier alpha value is -1.22. The van der Waals surface area contributed by atoms with E-state index in [1.165, 1.54) is 11.3 Å². The number of ether oxygens (including phenoxy) is 1. The maximum absolute atomic E-state index is 10.5. The van der Waals surface area contributed by atoms with E-state index in [-0.39, 0.29) is 0 Å². The van der Waals surface area contributed by atoms with E-state index in [0.29, 0.717) is 18.9 Å². The Morgan fingerprint density at radius 1 is 1.47 bits per heavy atom. The van der Waals surface area contributed by atoms with E-state index < -0.39 is 24.6 Å². The zero-order valence-electron chi connectivity index (χ0n) is 10.2. The van der Waals surface area contributed by atoms with Crippen molar-refractivity contribution >= 4 is 22.4 Å². The summed E-state index contributed by atoms with van der Waals surface area (Å²) in [5, 5.41) is 30.4. The summed E-state index contributed by atoms with van der Waals surface area (Å²) in [6, 6.07) is 0. The molecule has 1 aromatic rings. The fourth-order valence-electron chi connectivity index (χ4n) is 1.80. The number of thiazole rings is 1. The van der Waals surface area contributed by atoms with Crippen LogP contribution < -0.4 is 4.90 Å². The van der Waals surface area contributed by atoms with Crippen molar-refractivity contribution < 1.29 is 24.9 Å². The third-order valence-electron chi connectivity index (χ3n) is 2.84. The molecule has 106 valence electrons. The molecule has 2 heterocycles. The molecular formula is C11H16N2O5S. The van der Waals surface area contributed by atoms with Gasteiger partial charge >= 0.3 is 5.97 Å². The monoisotopic (exact) mass is 288 g/mol. The minimum Gasteiger partial charge on any atom is -0.481 e. The molecule has 1 aromatic heterocycles. The van der Waals surface area contributed by atoms with Crippen molar-refractivity contribution in [2.75, 3.05) is 31.2 Å². The normalized spacial score (nSPS) is 19.2. The van der Waals surface area contributed by atoms with Gasteiger partial charge in [-0.1, -0.05) is 0 Å². The van der Waals surface area contributed by atoms with Gasteiger partial charge in [-0.05, 0) is 0 Å². The first kappa shape index (κ1) is 14.2. The lowest BCUT2D eigenvalue weighted by atomic mass is 10.1. The largest absolute Gasteiger partial charge is 0.481 e. The Bertz CT molecular complexity index is 432. The van der Waals surface area contributed by atoms with Crippen LogP contribution in [0, 0.1) is 0 Å². The quantitative estimate of drug-likeness (QED) is 0.692. The van der Waals surface area contributed by atoms with E-state index in [1.807, 2.05) is 4.90 Å². The van der Waals surface area contributed by atoms with Gasteiger partial charge in [0.1, 0.15) is 6.10 Å². The van der Waals surface area contributed by atoms with Crippen LogP contribution in [0.1, 0.15) is 18.2 Å². The summed E-state index contributed by atoms with van der Waals surface area (Å²) in [6.45, 7) is 2.75. The molecule has 2 rings (SSSR count). The number of carboxylic acid groups (broad SMARTS) is 1. The van der Waals surface area contributed by atoms with E-state index in [9.17, 15) is 15.0 Å². The first-order valence-corrected chi connectivity index (χ1v) is 6.82. The average molecular weight is 288 g/mol. The van der Waals surface area contributed by atoms with E-state index in [0.717, 1.165) is 18.2 Å². The summed E-state index contributed by atoms with van der Waals surface area (Å²) in [5.74, 6) is -1.16. The maximum Gasteiger partial charge on any atom is 0.306 e. The first-order valence-electron chi connectivity index (χ1n) is 5.94. The smallest absolute Gasteiger partial charge is 0.306 e. The van der Waals surface area contributed by atoms with Gasteiger partial charge in [0.2, 0.25) is 0 Å². The maximum atomic E-state index is 10.5. The van der Waals surface area contributed by atoms with Gasteiger partial charge in [0.15, 0.2) is 5.13 Å². The Morgan fingerprint density at radius 2 is 2.16 bits per heavy atom. The van der Waals surface area contributed by atoms with Crippen LogP contribution in [0.5, 0.6) is 0 Å². The molecule has 2 atom stereocenters. The molecule has 1 saturated heterocycles. The highest BCUT2D eigenvalue weighted by Crippen LogP contribution is 2.27. The standard InChI is InChI=1S/C11H16N2O5S/c14-8(5-9(15)16)10(17)7-6-19-11(12-7)13-1-3-18-4-2-13/h6,8,10,14,17H,1-5H2,(H,15,16). The van der Waals surface area contributed by atoms with Crippen LogP contribution in [0.4, 0.5) is 5.13 Å². The van der Waals surface area contributed by atoms with E-state index in [2.05, 4.69) is 4.98 Å². The van der Waals surface area contributed by atoms with Crippen molar-refractivity contribution in [1.82, 2.24) is 4.98 Å². The number of aliphatic carboxylic acids is 1. The van der Waals surface area contributed by atoms with Crippen LogP contribution in [0.25, 0.3) is 0 Å². The highest BCUT2D eigenvalue weighted by molar-refractivity contribution is 7.13. The minimum absolute atomic E-state index is 0.306. The molecule has 0 amide bonds. The number of hydrogen-bond acceptors (Lipinski definition) is 7. The summed E-state index contributed by atoms with van der Waals surface area (Å²) >= 11 is 1.36. The molecule has 2 unspecified atom stereocenters. The second-order valence-corrected chi connectivity index (χ2v) is 5.10. The average Bonchev–Trinajstić information content (AvgIpc) is 2.87. The Morgan fingerprint density at radius 3 is 2.79 bits per heavy atom. The molecule has 0 radical (unpaired) electrons. The summed E-state index contributed by atoms with van der Waals surface area (Å²) in [6.07, 6.45) is -3.13. The van der Waals surface area contributed by atoms with Crippen LogP contribution >= 0.6 is 11.3 Å². The molecule has 7 nitrogen and oxygen atoms in total. The van der Waals surface area contributed by atoms with E-state index >= 15 is 0 Å². The van der Waals surface area contributed by atoms with Crippen LogP contribution in [0.15, 0.2) is 5.38 Å². The molecule has 1 fully saturated rings. The van der Waals surface area contributed by atoms with E-state index in [1.54, 1.807) is 5.38 Å². The zero-order valence-corrected chi connectivity index (χ0v) is 11.0. The number of aromatic nitrogens is 1. The highest BCUT2D eigenvalue weighted by atomic mass is 32.1. The number of carboxylic acids is 1. The van der Waals surface area contributed by atoms with Crippen molar-refractivity contribution in [3.8, 4) is 0 Å². The fourth-order valence-corrected chi connectivity index (χ4v) is 2.71. The minimum atomic E-state index is -1.35. The number of morpholine rings is 1. The molecule has 0 aromatic carbocycles. The number of carbonyl (C=O) groups is 1. The third-order valence-corrected chi connectivity index (χ3v) is 3.76. The van der Waals surface area contributed by atoms with Crippen molar-refractivity contribution in [3.63, 3.8) is 0 Å². The zero-order chi connectivity index (χ0) is 13.8. The lowest BCUT2D eigenvalue weighted by molar-refractivity contribution is -0.141. The summed E-state index contributed by atoms with van der Waals surface area (Å²) in [4.78, 5) is 16.8. The van der Waals surface area contributed by atoms with Crippen LogP contribution in [0.2, 0.25) is 0 Å². The Balaban J connectivity index is 2.01. The van der Waals surface area contributed by atoms with Crippen LogP contribution in [-0.4, -0.2) is 58.7 Å². The SMILES string of the molecule is O=C(O)CC(O)C(O)c1csc(N2CCOCC2)n1. The summed E-state index contributed by atoms with van der Waals surface area (Å²) in [5.41, 5.74) is 0.306. The topological polar surface area (TPSA) is 103 Å². The van der Waals surface area contributed by atoms with Gasteiger partial charge in [-0.2, -0.15) is 0 Å². The van der Waals surface area contributed by atoms with Crippen molar-refractivity contribution in [3.05, 3.63) is 11.1 Å². The predicted octanol–water partition coefficient (Wildman–Crippen LogP) is -0.151. The summed E-state index contributed by atoms with van der Waals surface area (Å²) < 4.78 is 5.24. The number of anilines is 1. The molecule has 0 saturated carbocycles. The first-order chi connectivity index (χ1) is 9.08. The molecule has 8 heteroatoms. The van der Waals surface area contributed by atoms with Crippen LogP contribution in [0.3, 0.4) is 0 Å². The lowest BCUT2D eigenvalue weighted by Crippen LogP contribution is -2.36. The molecule has 0 bridgehead atoms.